The lowest BCUT2D eigenvalue weighted by atomic mass is 9.86. The van der Waals surface area contributed by atoms with Crippen molar-refractivity contribution in [3.63, 3.8) is 0 Å². The lowest BCUT2D eigenvalue weighted by molar-refractivity contribution is 0.414. The molecule has 0 aliphatic rings. The van der Waals surface area contributed by atoms with Crippen LogP contribution in [-0.2, 0) is 5.41 Å². The summed E-state index contributed by atoms with van der Waals surface area (Å²) < 4.78 is 0. The SMILES string of the molecule is CSc1cc([CH]O)cc(C(C)(C)C)c1. The zero-order valence-corrected chi connectivity index (χ0v) is 9.98. The van der Waals surface area contributed by atoms with Crippen molar-refractivity contribution in [3.8, 4) is 0 Å². The van der Waals surface area contributed by atoms with E-state index in [1.54, 1.807) is 11.8 Å². The van der Waals surface area contributed by atoms with Crippen molar-refractivity contribution >= 4 is 11.8 Å². The van der Waals surface area contributed by atoms with Crippen molar-refractivity contribution in [2.75, 3.05) is 6.26 Å². The highest BCUT2D eigenvalue weighted by molar-refractivity contribution is 7.98. The molecule has 0 fully saturated rings. The Morgan fingerprint density at radius 2 is 1.86 bits per heavy atom. The largest absolute Gasteiger partial charge is 0.385 e. The number of aliphatic hydroxyl groups is 1. The average molecular weight is 209 g/mol. The van der Waals surface area contributed by atoms with Gasteiger partial charge in [0.1, 0.15) is 6.61 Å². The molecule has 0 aliphatic carbocycles. The maximum absolute atomic E-state index is 9.01. The molecule has 0 amide bonds. The molecule has 1 aromatic carbocycles. The van der Waals surface area contributed by atoms with Crippen LogP contribution in [0, 0.1) is 6.61 Å². The first-order valence-electron chi connectivity index (χ1n) is 4.64. The fraction of sp³-hybridized carbons (Fsp3) is 0.417. The van der Waals surface area contributed by atoms with Crippen molar-refractivity contribution in [1.82, 2.24) is 0 Å². The van der Waals surface area contributed by atoms with Crippen LogP contribution in [0.2, 0.25) is 0 Å². The van der Waals surface area contributed by atoms with Gasteiger partial charge in [-0.3, -0.25) is 0 Å². The Labute approximate surface area is 90.5 Å². The zero-order valence-electron chi connectivity index (χ0n) is 9.16. The molecule has 0 unspecified atom stereocenters. The van der Waals surface area contributed by atoms with E-state index < -0.39 is 0 Å². The quantitative estimate of drug-likeness (QED) is 0.751. The summed E-state index contributed by atoms with van der Waals surface area (Å²) in [5.41, 5.74) is 2.26. The molecule has 77 valence electrons. The van der Waals surface area contributed by atoms with E-state index in [0.29, 0.717) is 0 Å². The highest BCUT2D eigenvalue weighted by Crippen LogP contribution is 2.28. The van der Waals surface area contributed by atoms with Gasteiger partial charge in [0.05, 0.1) is 0 Å². The lowest BCUT2D eigenvalue weighted by Gasteiger charge is -2.20. The van der Waals surface area contributed by atoms with Gasteiger partial charge in [0.2, 0.25) is 0 Å². The number of benzene rings is 1. The van der Waals surface area contributed by atoms with Gasteiger partial charge in [0.25, 0.3) is 0 Å². The molecule has 1 nitrogen and oxygen atoms in total. The van der Waals surface area contributed by atoms with E-state index in [0.717, 1.165) is 12.2 Å². The van der Waals surface area contributed by atoms with E-state index in [4.69, 9.17) is 5.11 Å². The Hall–Kier alpha value is -0.470. The van der Waals surface area contributed by atoms with E-state index in [1.807, 2.05) is 18.4 Å². The molecule has 0 aliphatic heterocycles. The maximum Gasteiger partial charge on any atom is 0.109 e. The summed E-state index contributed by atoms with van der Waals surface area (Å²) in [6.07, 6.45) is 2.04. The van der Waals surface area contributed by atoms with Gasteiger partial charge in [-0.25, -0.2) is 0 Å². The minimum absolute atomic E-state index is 0.128. The Kier molecular flexibility index (Phi) is 3.62. The minimum atomic E-state index is 0.128. The molecule has 0 aromatic heterocycles. The van der Waals surface area contributed by atoms with E-state index in [-0.39, 0.29) is 5.41 Å². The van der Waals surface area contributed by atoms with Crippen molar-refractivity contribution in [2.24, 2.45) is 0 Å². The van der Waals surface area contributed by atoms with Crippen LogP contribution in [0.25, 0.3) is 0 Å². The van der Waals surface area contributed by atoms with E-state index in [9.17, 15) is 0 Å². The third kappa shape index (κ3) is 2.76. The Morgan fingerprint density at radius 3 is 2.29 bits per heavy atom. The summed E-state index contributed by atoms with van der Waals surface area (Å²) in [7, 11) is 0. The molecule has 1 rings (SSSR count). The maximum atomic E-state index is 9.01. The van der Waals surface area contributed by atoms with Gasteiger partial charge in [-0.15, -0.1) is 11.8 Å². The van der Waals surface area contributed by atoms with Crippen LogP contribution < -0.4 is 0 Å². The molecule has 2 heteroatoms. The first-order chi connectivity index (χ1) is 6.47. The standard InChI is InChI=1S/C12H17OS/c1-12(2,3)10-5-9(8-13)6-11(7-10)14-4/h5-8,13H,1-4H3. The Balaban J connectivity index is 3.17. The molecule has 0 atom stereocenters. The van der Waals surface area contributed by atoms with Crippen LogP contribution in [0.1, 0.15) is 31.9 Å². The van der Waals surface area contributed by atoms with Gasteiger partial charge in [-0.1, -0.05) is 26.8 Å². The number of hydrogen-bond donors (Lipinski definition) is 1. The molecule has 0 spiro atoms. The normalized spacial score (nSPS) is 11.8. The first kappa shape index (κ1) is 11.6. The molecule has 0 saturated heterocycles. The van der Waals surface area contributed by atoms with E-state index in [2.05, 4.69) is 26.8 Å². The van der Waals surface area contributed by atoms with Gasteiger partial charge >= 0.3 is 0 Å². The van der Waals surface area contributed by atoms with Crippen molar-refractivity contribution in [1.29, 1.82) is 0 Å². The van der Waals surface area contributed by atoms with Gasteiger partial charge in [-0.05, 0) is 34.9 Å². The Morgan fingerprint density at radius 1 is 1.21 bits per heavy atom. The second kappa shape index (κ2) is 4.37. The summed E-state index contributed by atoms with van der Waals surface area (Å²) in [6, 6.07) is 6.19. The number of hydrogen-bond acceptors (Lipinski definition) is 2. The first-order valence-corrected chi connectivity index (χ1v) is 5.87. The number of aliphatic hydroxyl groups excluding tert-OH is 1. The van der Waals surface area contributed by atoms with Gasteiger partial charge in [0, 0.05) is 4.90 Å². The molecule has 0 bridgehead atoms. The summed E-state index contributed by atoms with van der Waals surface area (Å²) in [5, 5.41) is 9.01. The summed E-state index contributed by atoms with van der Waals surface area (Å²) >= 11 is 1.70. The van der Waals surface area contributed by atoms with Gasteiger partial charge in [-0.2, -0.15) is 0 Å². The van der Waals surface area contributed by atoms with E-state index >= 15 is 0 Å². The van der Waals surface area contributed by atoms with Crippen LogP contribution in [0.5, 0.6) is 0 Å². The van der Waals surface area contributed by atoms with Gasteiger partial charge in [0.15, 0.2) is 0 Å². The molecule has 0 heterocycles. The third-order valence-corrected chi connectivity index (χ3v) is 2.89. The van der Waals surface area contributed by atoms with Crippen molar-refractivity contribution in [2.45, 2.75) is 31.1 Å². The molecule has 1 aromatic rings. The molecule has 1 N–H and O–H groups in total. The minimum Gasteiger partial charge on any atom is -0.385 e. The van der Waals surface area contributed by atoms with Crippen molar-refractivity contribution in [3.05, 3.63) is 35.9 Å². The van der Waals surface area contributed by atoms with Crippen LogP contribution in [0.3, 0.4) is 0 Å². The van der Waals surface area contributed by atoms with E-state index in [1.165, 1.54) is 10.5 Å². The molecule has 14 heavy (non-hydrogen) atoms. The number of thioether (sulfide) groups is 1. The van der Waals surface area contributed by atoms with Gasteiger partial charge < -0.3 is 5.11 Å². The van der Waals surface area contributed by atoms with Crippen LogP contribution >= 0.6 is 11.8 Å². The van der Waals surface area contributed by atoms with Crippen molar-refractivity contribution < 1.29 is 5.11 Å². The summed E-state index contributed by atoms with van der Waals surface area (Å²) in [4.78, 5) is 1.19. The van der Waals surface area contributed by atoms with Crippen LogP contribution in [-0.4, -0.2) is 11.4 Å². The highest BCUT2D eigenvalue weighted by Gasteiger charge is 2.14. The summed E-state index contributed by atoms with van der Waals surface area (Å²) in [5.74, 6) is 0. The topological polar surface area (TPSA) is 20.2 Å². The number of rotatable bonds is 2. The molecular weight excluding hydrogens is 192 g/mol. The fourth-order valence-corrected chi connectivity index (χ4v) is 1.75. The molecular formula is C12H17OS. The van der Waals surface area contributed by atoms with Crippen LogP contribution in [0.4, 0.5) is 0 Å². The second-order valence-corrected chi connectivity index (χ2v) is 5.25. The Bertz CT molecular complexity index is 290. The molecule has 0 saturated carbocycles. The monoisotopic (exact) mass is 209 g/mol. The lowest BCUT2D eigenvalue weighted by Crippen LogP contribution is -2.11. The van der Waals surface area contributed by atoms with Crippen LogP contribution in [0.15, 0.2) is 23.1 Å². The third-order valence-electron chi connectivity index (χ3n) is 2.18. The predicted octanol–water partition coefficient (Wildman–Crippen LogP) is 3.59. The highest BCUT2D eigenvalue weighted by atomic mass is 32.2. The smallest absolute Gasteiger partial charge is 0.109 e. The second-order valence-electron chi connectivity index (χ2n) is 4.37. The summed E-state index contributed by atoms with van der Waals surface area (Å²) in [6.45, 7) is 7.68. The fourth-order valence-electron chi connectivity index (χ4n) is 1.25. The molecule has 1 radical (unpaired) electrons. The zero-order chi connectivity index (χ0) is 10.8. The average Bonchev–Trinajstić information content (AvgIpc) is 2.15. The predicted molar refractivity (Wildman–Crippen MR) is 62.3 cm³/mol.